The maximum atomic E-state index is 12.1. The molecule has 0 spiro atoms. The van der Waals surface area contributed by atoms with Crippen molar-refractivity contribution in [2.45, 2.75) is 37.0 Å². The summed E-state index contributed by atoms with van der Waals surface area (Å²) in [4.78, 5) is 36.0. The fraction of sp³-hybridized carbons (Fsp3) is 0.526. The summed E-state index contributed by atoms with van der Waals surface area (Å²) in [5.74, 6) is -1.52. The molecule has 1 aromatic rings. The molecule has 31 heavy (non-hydrogen) atoms. The standard InChI is InChI=1S/C19H27N3O9/c23-7-12(22-19(29)31-9-11-4-2-1-3-5-11)18(28)20-6-15(25)21-13-10-30-14(8-24)17(27)16(13)26/h1-5,12-14,16-17,23-24,26-27H,6-10H2,(H,20,28)(H,21,25)(H,22,29)/t12-,13-,14+,16+,17+/m0/s1. The number of ether oxygens (including phenoxy) is 2. The maximum absolute atomic E-state index is 12.1. The molecular weight excluding hydrogens is 414 g/mol. The van der Waals surface area contributed by atoms with Crippen LogP contribution in [-0.2, 0) is 25.7 Å². The molecule has 0 unspecified atom stereocenters. The molecule has 1 aliphatic heterocycles. The van der Waals surface area contributed by atoms with Crippen LogP contribution in [0.2, 0.25) is 0 Å². The smallest absolute Gasteiger partial charge is 0.408 e. The average Bonchev–Trinajstić information content (AvgIpc) is 2.78. The molecule has 5 atom stereocenters. The van der Waals surface area contributed by atoms with Crippen molar-refractivity contribution >= 4 is 17.9 Å². The van der Waals surface area contributed by atoms with Crippen molar-refractivity contribution in [1.82, 2.24) is 16.0 Å². The van der Waals surface area contributed by atoms with Crippen LogP contribution in [0.5, 0.6) is 0 Å². The largest absolute Gasteiger partial charge is 0.445 e. The van der Waals surface area contributed by atoms with Gasteiger partial charge in [0.15, 0.2) is 0 Å². The summed E-state index contributed by atoms with van der Waals surface area (Å²) in [5, 5.41) is 45.0. The number of amides is 3. The van der Waals surface area contributed by atoms with Gasteiger partial charge < -0.3 is 45.9 Å². The number of nitrogens with one attached hydrogen (secondary N) is 3. The second kappa shape index (κ2) is 12.2. The fourth-order valence-corrected chi connectivity index (χ4v) is 2.82. The molecule has 1 aliphatic rings. The van der Waals surface area contributed by atoms with Gasteiger partial charge in [-0.15, -0.1) is 0 Å². The molecule has 0 bridgehead atoms. The van der Waals surface area contributed by atoms with E-state index in [1.54, 1.807) is 24.3 Å². The lowest BCUT2D eigenvalue weighted by Gasteiger charge is -2.37. The van der Waals surface area contributed by atoms with Crippen molar-refractivity contribution in [3.63, 3.8) is 0 Å². The van der Waals surface area contributed by atoms with E-state index in [0.717, 1.165) is 5.56 Å². The highest BCUT2D eigenvalue weighted by Crippen LogP contribution is 2.15. The minimum atomic E-state index is -1.39. The summed E-state index contributed by atoms with van der Waals surface area (Å²) >= 11 is 0. The first-order valence-electron chi connectivity index (χ1n) is 9.59. The Labute approximate surface area is 178 Å². The van der Waals surface area contributed by atoms with Gasteiger partial charge in [-0.25, -0.2) is 4.79 Å². The van der Waals surface area contributed by atoms with E-state index in [4.69, 9.17) is 14.6 Å². The molecule has 2 rings (SSSR count). The Balaban J connectivity index is 1.74. The van der Waals surface area contributed by atoms with Crippen LogP contribution in [0.25, 0.3) is 0 Å². The molecule has 7 N–H and O–H groups in total. The highest BCUT2D eigenvalue weighted by molar-refractivity contribution is 5.89. The highest BCUT2D eigenvalue weighted by Gasteiger charge is 2.38. The summed E-state index contributed by atoms with van der Waals surface area (Å²) < 4.78 is 10.1. The van der Waals surface area contributed by atoms with Gasteiger partial charge in [-0.1, -0.05) is 30.3 Å². The van der Waals surface area contributed by atoms with Gasteiger partial charge in [-0.3, -0.25) is 9.59 Å². The number of hydrogen-bond acceptors (Lipinski definition) is 9. The average molecular weight is 441 g/mol. The van der Waals surface area contributed by atoms with Crippen LogP contribution >= 0.6 is 0 Å². The Morgan fingerprint density at radius 3 is 2.48 bits per heavy atom. The van der Waals surface area contributed by atoms with E-state index in [1.165, 1.54) is 0 Å². The summed E-state index contributed by atoms with van der Waals surface area (Å²) in [7, 11) is 0. The van der Waals surface area contributed by atoms with Gasteiger partial charge in [0.2, 0.25) is 11.8 Å². The van der Waals surface area contributed by atoms with Crippen molar-refractivity contribution in [1.29, 1.82) is 0 Å². The predicted molar refractivity (Wildman–Crippen MR) is 104 cm³/mol. The number of rotatable bonds is 9. The Morgan fingerprint density at radius 2 is 1.84 bits per heavy atom. The van der Waals surface area contributed by atoms with E-state index >= 15 is 0 Å². The molecule has 12 nitrogen and oxygen atoms in total. The number of aliphatic hydroxyl groups excluding tert-OH is 4. The first-order valence-corrected chi connectivity index (χ1v) is 9.59. The number of alkyl carbamates (subject to hydrolysis) is 1. The molecular formula is C19H27N3O9. The zero-order chi connectivity index (χ0) is 22.8. The third kappa shape index (κ3) is 7.45. The third-order valence-electron chi connectivity index (χ3n) is 4.59. The normalized spacial score (nSPS) is 24.0. The predicted octanol–water partition coefficient (Wildman–Crippen LogP) is -3.01. The number of hydrogen-bond donors (Lipinski definition) is 7. The molecule has 12 heteroatoms. The quantitative estimate of drug-likeness (QED) is 0.209. The maximum Gasteiger partial charge on any atom is 0.408 e. The van der Waals surface area contributed by atoms with Gasteiger partial charge >= 0.3 is 6.09 Å². The van der Waals surface area contributed by atoms with Gasteiger partial charge in [0.25, 0.3) is 0 Å². The lowest BCUT2D eigenvalue weighted by molar-refractivity contribution is -0.164. The molecule has 0 aromatic heterocycles. The summed E-state index contributed by atoms with van der Waals surface area (Å²) in [6.07, 6.45) is -4.63. The van der Waals surface area contributed by atoms with Gasteiger partial charge in [0.05, 0.1) is 32.4 Å². The van der Waals surface area contributed by atoms with Crippen molar-refractivity contribution in [2.24, 2.45) is 0 Å². The van der Waals surface area contributed by atoms with Crippen LogP contribution < -0.4 is 16.0 Å². The van der Waals surface area contributed by atoms with Crippen LogP contribution in [0.4, 0.5) is 4.79 Å². The second-order valence-corrected chi connectivity index (χ2v) is 6.87. The SMILES string of the molecule is O=C(CNC(=O)[C@H](CO)NC(=O)OCc1ccccc1)N[C@H]1CO[C@H](CO)[C@@H](O)[C@@H]1O. The van der Waals surface area contributed by atoms with Gasteiger partial charge in [-0.2, -0.15) is 0 Å². The zero-order valence-electron chi connectivity index (χ0n) is 16.6. The molecule has 1 heterocycles. The van der Waals surface area contributed by atoms with Crippen molar-refractivity contribution in [3.8, 4) is 0 Å². The van der Waals surface area contributed by atoms with E-state index in [0.29, 0.717) is 0 Å². The van der Waals surface area contributed by atoms with Crippen molar-refractivity contribution < 1.29 is 44.3 Å². The van der Waals surface area contributed by atoms with Crippen molar-refractivity contribution in [2.75, 3.05) is 26.4 Å². The van der Waals surface area contributed by atoms with E-state index in [1.807, 2.05) is 6.07 Å². The number of carbonyl (C=O) groups excluding carboxylic acids is 3. The molecule has 0 saturated carbocycles. The Hall–Kier alpha value is -2.77. The molecule has 172 valence electrons. The lowest BCUT2D eigenvalue weighted by Crippen LogP contribution is -2.61. The lowest BCUT2D eigenvalue weighted by atomic mass is 9.98. The summed E-state index contributed by atoms with van der Waals surface area (Å²) in [5.41, 5.74) is 0.739. The molecule has 1 saturated heterocycles. The Morgan fingerprint density at radius 1 is 1.13 bits per heavy atom. The van der Waals surface area contributed by atoms with Crippen LogP contribution in [-0.4, -0.2) is 95.1 Å². The first kappa shape index (κ1) is 24.5. The topological polar surface area (TPSA) is 187 Å². The third-order valence-corrected chi connectivity index (χ3v) is 4.59. The molecule has 0 radical (unpaired) electrons. The summed E-state index contributed by atoms with van der Waals surface area (Å²) in [6, 6.07) is 6.57. The monoisotopic (exact) mass is 441 g/mol. The van der Waals surface area contributed by atoms with Crippen molar-refractivity contribution in [3.05, 3.63) is 35.9 Å². The van der Waals surface area contributed by atoms with Crippen LogP contribution in [0.15, 0.2) is 30.3 Å². The Bertz CT molecular complexity index is 734. The van der Waals surface area contributed by atoms with Crippen LogP contribution in [0.3, 0.4) is 0 Å². The van der Waals surface area contributed by atoms with E-state index in [9.17, 15) is 29.7 Å². The highest BCUT2D eigenvalue weighted by atomic mass is 16.5. The van der Waals surface area contributed by atoms with Crippen LogP contribution in [0, 0.1) is 0 Å². The van der Waals surface area contributed by atoms with Gasteiger partial charge in [-0.05, 0) is 5.56 Å². The van der Waals surface area contributed by atoms with E-state index in [2.05, 4.69) is 16.0 Å². The fourth-order valence-electron chi connectivity index (χ4n) is 2.82. The van der Waals surface area contributed by atoms with Crippen LogP contribution in [0.1, 0.15) is 5.56 Å². The second-order valence-electron chi connectivity index (χ2n) is 6.87. The molecule has 0 aliphatic carbocycles. The van der Waals surface area contributed by atoms with E-state index in [-0.39, 0.29) is 13.2 Å². The zero-order valence-corrected chi connectivity index (χ0v) is 16.6. The molecule has 1 aromatic carbocycles. The van der Waals surface area contributed by atoms with Gasteiger partial charge in [0.1, 0.15) is 31.0 Å². The number of aliphatic hydroxyl groups is 4. The number of benzene rings is 1. The number of carbonyl (C=O) groups is 3. The minimum Gasteiger partial charge on any atom is -0.445 e. The first-order chi connectivity index (χ1) is 14.8. The molecule has 3 amide bonds. The van der Waals surface area contributed by atoms with Gasteiger partial charge in [0, 0.05) is 0 Å². The Kier molecular flexibility index (Phi) is 9.62. The summed E-state index contributed by atoms with van der Waals surface area (Å²) in [6.45, 7) is -1.89. The van der Waals surface area contributed by atoms with E-state index < -0.39 is 68.1 Å². The minimum absolute atomic E-state index is 0.0242. The molecule has 1 fully saturated rings.